The van der Waals surface area contributed by atoms with Crippen LogP contribution in [0.15, 0.2) is 30.3 Å². The van der Waals surface area contributed by atoms with Crippen LogP contribution in [-0.2, 0) is 0 Å². The highest BCUT2D eigenvalue weighted by Crippen LogP contribution is 2.13. The fourth-order valence-electron chi connectivity index (χ4n) is 1.54. The van der Waals surface area contributed by atoms with Gasteiger partial charge in [-0.25, -0.2) is 0 Å². The van der Waals surface area contributed by atoms with E-state index in [0.29, 0.717) is 5.92 Å². The summed E-state index contributed by atoms with van der Waals surface area (Å²) in [6, 6.07) is 12.3. The van der Waals surface area contributed by atoms with Crippen LogP contribution in [0, 0.1) is 17.2 Å². The Bertz CT molecular complexity index is 326. The van der Waals surface area contributed by atoms with Crippen molar-refractivity contribution in [2.75, 3.05) is 13.1 Å². The van der Waals surface area contributed by atoms with E-state index in [1.54, 1.807) is 0 Å². The maximum atomic E-state index is 9.11. The molecule has 0 saturated carbocycles. The molecule has 0 radical (unpaired) electrons. The molecule has 2 unspecified atom stereocenters. The summed E-state index contributed by atoms with van der Waals surface area (Å²) in [5.41, 5.74) is 1.10. The molecular formula is C14H20N2. The molecule has 1 N–H and O–H groups in total. The summed E-state index contributed by atoms with van der Waals surface area (Å²) in [7, 11) is 0. The van der Waals surface area contributed by atoms with Crippen LogP contribution < -0.4 is 5.32 Å². The van der Waals surface area contributed by atoms with Gasteiger partial charge in [0.05, 0.1) is 12.0 Å². The van der Waals surface area contributed by atoms with E-state index in [1.807, 2.05) is 30.3 Å². The van der Waals surface area contributed by atoms with Crippen LogP contribution in [0.4, 0.5) is 0 Å². The monoisotopic (exact) mass is 216 g/mol. The van der Waals surface area contributed by atoms with Crippen molar-refractivity contribution >= 4 is 0 Å². The average Bonchev–Trinajstić information content (AvgIpc) is 2.35. The van der Waals surface area contributed by atoms with Gasteiger partial charge in [-0.05, 0) is 18.0 Å². The minimum absolute atomic E-state index is 0.0368. The molecule has 0 aliphatic rings. The van der Waals surface area contributed by atoms with Crippen LogP contribution in [0.25, 0.3) is 0 Å². The van der Waals surface area contributed by atoms with Crippen molar-refractivity contribution in [1.29, 1.82) is 5.26 Å². The minimum Gasteiger partial charge on any atom is -0.315 e. The Morgan fingerprint density at radius 1 is 1.25 bits per heavy atom. The third-order valence-electron chi connectivity index (χ3n) is 2.90. The molecule has 0 heterocycles. The third kappa shape index (κ3) is 4.04. The summed E-state index contributed by atoms with van der Waals surface area (Å²) in [6.45, 7) is 6.13. The van der Waals surface area contributed by atoms with E-state index >= 15 is 0 Å². The Balaban J connectivity index is 2.42. The topological polar surface area (TPSA) is 35.8 Å². The highest BCUT2D eigenvalue weighted by Gasteiger charge is 2.09. The predicted octanol–water partition coefficient (Wildman–Crippen LogP) is 2.93. The van der Waals surface area contributed by atoms with E-state index in [0.717, 1.165) is 18.7 Å². The molecular weight excluding hydrogens is 196 g/mol. The van der Waals surface area contributed by atoms with Gasteiger partial charge in [-0.15, -0.1) is 0 Å². The molecule has 0 fully saturated rings. The van der Waals surface area contributed by atoms with E-state index < -0.39 is 0 Å². The van der Waals surface area contributed by atoms with Gasteiger partial charge in [-0.2, -0.15) is 5.26 Å². The van der Waals surface area contributed by atoms with E-state index in [9.17, 15) is 0 Å². The molecule has 0 amide bonds. The molecule has 2 heteroatoms. The lowest BCUT2D eigenvalue weighted by molar-refractivity contribution is 0.495. The third-order valence-corrected chi connectivity index (χ3v) is 2.90. The molecule has 0 aromatic heterocycles. The Morgan fingerprint density at radius 3 is 2.50 bits per heavy atom. The van der Waals surface area contributed by atoms with Gasteiger partial charge in [0.25, 0.3) is 0 Å². The molecule has 0 spiro atoms. The number of benzene rings is 1. The second-order valence-corrected chi connectivity index (χ2v) is 4.26. The van der Waals surface area contributed by atoms with Crippen molar-refractivity contribution in [1.82, 2.24) is 5.32 Å². The van der Waals surface area contributed by atoms with Gasteiger partial charge in [0.2, 0.25) is 0 Å². The summed E-state index contributed by atoms with van der Waals surface area (Å²) >= 11 is 0. The molecule has 0 aliphatic heterocycles. The van der Waals surface area contributed by atoms with Gasteiger partial charge < -0.3 is 5.32 Å². The quantitative estimate of drug-likeness (QED) is 0.793. The van der Waals surface area contributed by atoms with Crippen molar-refractivity contribution in [2.45, 2.75) is 26.2 Å². The molecule has 0 saturated heterocycles. The highest BCUT2D eigenvalue weighted by molar-refractivity contribution is 5.24. The molecule has 0 aliphatic carbocycles. The maximum absolute atomic E-state index is 9.11. The van der Waals surface area contributed by atoms with E-state index in [2.05, 4.69) is 25.2 Å². The van der Waals surface area contributed by atoms with E-state index in [1.165, 1.54) is 6.42 Å². The minimum atomic E-state index is -0.0368. The lowest BCUT2D eigenvalue weighted by atomic mass is 10.0. The molecule has 16 heavy (non-hydrogen) atoms. The number of nitriles is 1. The van der Waals surface area contributed by atoms with Crippen molar-refractivity contribution in [3.8, 4) is 6.07 Å². The first kappa shape index (κ1) is 12.7. The summed E-state index contributed by atoms with van der Waals surface area (Å²) in [6.07, 6.45) is 1.18. The van der Waals surface area contributed by atoms with Gasteiger partial charge in [-0.1, -0.05) is 50.6 Å². The second kappa shape index (κ2) is 7.03. The van der Waals surface area contributed by atoms with Crippen LogP contribution in [0.2, 0.25) is 0 Å². The summed E-state index contributed by atoms with van der Waals surface area (Å²) < 4.78 is 0. The number of nitrogens with zero attached hydrogens (tertiary/aromatic N) is 1. The maximum Gasteiger partial charge on any atom is 0.0837 e. The zero-order valence-electron chi connectivity index (χ0n) is 10.1. The predicted molar refractivity (Wildman–Crippen MR) is 67.1 cm³/mol. The number of hydrogen-bond acceptors (Lipinski definition) is 2. The zero-order valence-corrected chi connectivity index (χ0v) is 10.1. The first-order chi connectivity index (χ1) is 7.77. The Hall–Kier alpha value is -1.33. The zero-order chi connectivity index (χ0) is 11.8. The van der Waals surface area contributed by atoms with Gasteiger partial charge in [0.15, 0.2) is 0 Å². The molecule has 1 aromatic rings. The molecule has 86 valence electrons. The number of nitrogens with one attached hydrogen (secondary N) is 1. The van der Waals surface area contributed by atoms with Crippen molar-refractivity contribution < 1.29 is 0 Å². The first-order valence-corrected chi connectivity index (χ1v) is 5.93. The number of hydrogen-bond donors (Lipinski definition) is 1. The summed E-state index contributed by atoms with van der Waals surface area (Å²) in [4.78, 5) is 0. The van der Waals surface area contributed by atoms with Crippen LogP contribution in [-0.4, -0.2) is 13.1 Å². The molecule has 2 atom stereocenters. The first-order valence-electron chi connectivity index (χ1n) is 5.93. The fraction of sp³-hybridized carbons (Fsp3) is 0.500. The lowest BCUT2D eigenvalue weighted by Crippen LogP contribution is -2.25. The van der Waals surface area contributed by atoms with Crippen LogP contribution in [0.3, 0.4) is 0 Å². The van der Waals surface area contributed by atoms with Crippen LogP contribution >= 0.6 is 0 Å². The number of rotatable bonds is 6. The lowest BCUT2D eigenvalue weighted by Gasteiger charge is -2.13. The summed E-state index contributed by atoms with van der Waals surface area (Å²) in [5.74, 6) is 0.639. The summed E-state index contributed by atoms with van der Waals surface area (Å²) in [5, 5.41) is 12.5. The standard InChI is InChI=1S/C14H20N2/c1-3-12(2)10-16-11-14(9-15)13-7-5-4-6-8-13/h4-8,12,14,16H,3,10-11H2,1-2H3. The molecule has 1 rings (SSSR count). The van der Waals surface area contributed by atoms with Crippen molar-refractivity contribution in [3.05, 3.63) is 35.9 Å². The second-order valence-electron chi connectivity index (χ2n) is 4.26. The largest absolute Gasteiger partial charge is 0.315 e. The van der Waals surface area contributed by atoms with Gasteiger partial charge in [0, 0.05) is 6.54 Å². The molecule has 1 aromatic carbocycles. The fourth-order valence-corrected chi connectivity index (χ4v) is 1.54. The van der Waals surface area contributed by atoms with Crippen molar-refractivity contribution in [2.24, 2.45) is 5.92 Å². The Labute approximate surface area is 98.3 Å². The molecule has 2 nitrogen and oxygen atoms in total. The molecule has 0 bridgehead atoms. The van der Waals surface area contributed by atoms with Gasteiger partial charge >= 0.3 is 0 Å². The smallest absolute Gasteiger partial charge is 0.0837 e. The highest BCUT2D eigenvalue weighted by atomic mass is 14.9. The SMILES string of the molecule is CCC(C)CNCC(C#N)c1ccccc1. The van der Waals surface area contributed by atoms with Crippen molar-refractivity contribution in [3.63, 3.8) is 0 Å². The van der Waals surface area contributed by atoms with E-state index in [4.69, 9.17) is 5.26 Å². The van der Waals surface area contributed by atoms with Crippen LogP contribution in [0.5, 0.6) is 0 Å². The Kier molecular flexibility index (Phi) is 5.60. The van der Waals surface area contributed by atoms with Gasteiger partial charge in [-0.3, -0.25) is 0 Å². The average molecular weight is 216 g/mol. The van der Waals surface area contributed by atoms with Gasteiger partial charge in [0.1, 0.15) is 0 Å². The van der Waals surface area contributed by atoms with E-state index in [-0.39, 0.29) is 5.92 Å². The Morgan fingerprint density at radius 2 is 1.94 bits per heavy atom. The van der Waals surface area contributed by atoms with Crippen LogP contribution in [0.1, 0.15) is 31.7 Å². The normalized spacial score (nSPS) is 14.1.